The maximum absolute atomic E-state index is 14.6. The van der Waals surface area contributed by atoms with Crippen LogP contribution in [0.3, 0.4) is 0 Å². The van der Waals surface area contributed by atoms with Crippen LogP contribution in [0.1, 0.15) is 53.4 Å². The molecule has 0 radical (unpaired) electrons. The van der Waals surface area contributed by atoms with E-state index in [1.165, 1.54) is 0 Å². The Bertz CT molecular complexity index is 1080. The molecule has 0 aromatic heterocycles. The number of hydrogen-bond acceptors (Lipinski definition) is 7. The maximum Gasteiger partial charge on any atom is 0.311 e. The summed E-state index contributed by atoms with van der Waals surface area (Å²) in [7, 11) is 0. The van der Waals surface area contributed by atoms with Crippen LogP contribution in [0.25, 0.3) is 0 Å². The number of carbonyl (C=O) groups is 3. The van der Waals surface area contributed by atoms with Crippen LogP contribution >= 0.6 is 11.8 Å². The molecule has 0 saturated carbocycles. The zero-order valence-electron chi connectivity index (χ0n) is 23.7. The number of aliphatic hydroxyl groups is 1. The van der Waals surface area contributed by atoms with E-state index in [1.54, 1.807) is 34.6 Å². The van der Waals surface area contributed by atoms with Gasteiger partial charge in [-0.25, -0.2) is 0 Å². The summed E-state index contributed by atoms with van der Waals surface area (Å²) >= 11 is 1.65. The molecule has 39 heavy (non-hydrogen) atoms. The number of hydrogen-bond donors (Lipinski definition) is 1. The molecule has 2 amide bonds. The molecule has 1 aromatic carbocycles. The molecule has 0 aliphatic carbocycles. The number of anilines is 2. The highest BCUT2D eigenvalue weighted by Gasteiger charge is 2.77. The molecule has 1 spiro atoms. The standard InChI is InChI=1S/C30H43N3O5S/c1-6-18-32(22-14-12-21(13-15-22)31(7-2)8-3)27(36)25-30-17-16-29(5,39-30)24(28(37)38-9-4)23(30)26(35)33(25)19-10-11-20-34/h6,12-15,23-25,34H,1,7-11,16-20H2,2-5H3/t23-,24-,25?,29+,30?/m0/s1. The average Bonchev–Trinajstić information content (AvgIpc) is 3.49. The lowest BCUT2D eigenvalue weighted by molar-refractivity contribution is -0.155. The van der Waals surface area contributed by atoms with E-state index in [-0.39, 0.29) is 31.0 Å². The van der Waals surface area contributed by atoms with E-state index < -0.39 is 27.4 Å². The molecule has 1 aromatic rings. The van der Waals surface area contributed by atoms with Gasteiger partial charge in [-0.05, 0) is 77.6 Å². The number of fused-ring (bicyclic) bond motifs is 1. The monoisotopic (exact) mass is 557 g/mol. The van der Waals surface area contributed by atoms with Gasteiger partial charge in [-0.3, -0.25) is 14.4 Å². The largest absolute Gasteiger partial charge is 0.466 e. The molecule has 3 aliphatic heterocycles. The van der Waals surface area contributed by atoms with E-state index in [4.69, 9.17) is 4.74 Å². The molecule has 214 valence electrons. The smallest absolute Gasteiger partial charge is 0.311 e. The van der Waals surface area contributed by atoms with E-state index >= 15 is 0 Å². The fourth-order valence-corrected chi connectivity index (χ4v) is 9.30. The summed E-state index contributed by atoms with van der Waals surface area (Å²) in [4.78, 5) is 47.6. The molecule has 4 rings (SSSR count). The second kappa shape index (κ2) is 11.9. The number of amides is 2. The normalized spacial score (nSPS) is 28.9. The Balaban J connectivity index is 1.74. The first-order valence-corrected chi connectivity index (χ1v) is 15.1. The van der Waals surface area contributed by atoms with Gasteiger partial charge in [-0.15, -0.1) is 18.3 Å². The van der Waals surface area contributed by atoms with E-state index in [9.17, 15) is 19.5 Å². The van der Waals surface area contributed by atoms with Crippen molar-refractivity contribution in [2.75, 3.05) is 49.2 Å². The van der Waals surface area contributed by atoms with E-state index in [0.29, 0.717) is 32.4 Å². The van der Waals surface area contributed by atoms with E-state index in [0.717, 1.165) is 30.9 Å². The van der Waals surface area contributed by atoms with Gasteiger partial charge in [0, 0.05) is 48.9 Å². The van der Waals surface area contributed by atoms with Gasteiger partial charge in [0.05, 0.1) is 23.2 Å². The van der Waals surface area contributed by atoms with Gasteiger partial charge >= 0.3 is 5.97 Å². The van der Waals surface area contributed by atoms with Gasteiger partial charge < -0.3 is 24.5 Å². The SMILES string of the molecule is C=CCN(C(=O)C1N(CCCCO)C(=O)[C@@H]2[C@@H](C(=O)OCC)[C@@]3(C)CCC12S3)c1ccc(N(CC)CC)cc1. The van der Waals surface area contributed by atoms with Gasteiger partial charge in [0.1, 0.15) is 6.04 Å². The molecular formula is C30H43N3O5S. The quantitative estimate of drug-likeness (QED) is 0.224. The Morgan fingerprint density at radius 2 is 1.82 bits per heavy atom. The Morgan fingerprint density at radius 1 is 1.15 bits per heavy atom. The number of aliphatic hydroxyl groups excluding tert-OH is 1. The number of ether oxygens (including phenoxy) is 1. The molecule has 5 atom stereocenters. The first kappa shape index (κ1) is 29.5. The minimum atomic E-state index is -0.706. The van der Waals surface area contributed by atoms with Crippen LogP contribution < -0.4 is 9.80 Å². The molecular weight excluding hydrogens is 514 g/mol. The van der Waals surface area contributed by atoms with Crippen molar-refractivity contribution in [1.82, 2.24) is 4.90 Å². The number of unbranched alkanes of at least 4 members (excludes halogenated alkanes) is 1. The number of esters is 1. The third-order valence-electron chi connectivity index (χ3n) is 8.73. The number of nitrogens with zero attached hydrogens (tertiary/aromatic N) is 3. The highest BCUT2D eigenvalue weighted by Crippen LogP contribution is 2.71. The summed E-state index contributed by atoms with van der Waals surface area (Å²) in [5.41, 5.74) is 1.84. The lowest BCUT2D eigenvalue weighted by Gasteiger charge is -2.37. The van der Waals surface area contributed by atoms with Crippen LogP contribution in [0.2, 0.25) is 0 Å². The van der Waals surface area contributed by atoms with Crippen LogP contribution in [-0.2, 0) is 19.1 Å². The Kier molecular flexibility index (Phi) is 9.01. The topological polar surface area (TPSA) is 90.4 Å². The van der Waals surface area contributed by atoms with Gasteiger partial charge in [0.2, 0.25) is 5.91 Å². The summed E-state index contributed by atoms with van der Waals surface area (Å²) < 4.78 is 4.32. The average molecular weight is 558 g/mol. The van der Waals surface area contributed by atoms with Gasteiger partial charge in [-0.1, -0.05) is 6.08 Å². The van der Waals surface area contributed by atoms with Crippen molar-refractivity contribution in [3.63, 3.8) is 0 Å². The fraction of sp³-hybridized carbons (Fsp3) is 0.633. The van der Waals surface area contributed by atoms with Crippen molar-refractivity contribution in [2.45, 2.75) is 68.9 Å². The zero-order chi connectivity index (χ0) is 28.4. The summed E-state index contributed by atoms with van der Waals surface area (Å²) in [6, 6.07) is 7.26. The number of likely N-dealkylation sites (tertiary alicyclic amines) is 1. The van der Waals surface area contributed by atoms with Crippen molar-refractivity contribution in [1.29, 1.82) is 0 Å². The molecule has 1 N–H and O–H groups in total. The lowest BCUT2D eigenvalue weighted by Crippen LogP contribution is -2.55. The van der Waals surface area contributed by atoms with Crippen molar-refractivity contribution in [3.05, 3.63) is 36.9 Å². The summed E-state index contributed by atoms with van der Waals surface area (Å²) in [6.07, 6.45) is 4.27. The predicted molar refractivity (Wildman–Crippen MR) is 156 cm³/mol. The van der Waals surface area contributed by atoms with Crippen LogP contribution in [0.4, 0.5) is 11.4 Å². The van der Waals surface area contributed by atoms with Crippen LogP contribution in [0.5, 0.6) is 0 Å². The van der Waals surface area contributed by atoms with Crippen molar-refractivity contribution in [2.24, 2.45) is 11.8 Å². The first-order valence-electron chi connectivity index (χ1n) is 14.3. The molecule has 3 fully saturated rings. The van der Waals surface area contributed by atoms with Crippen molar-refractivity contribution in [3.8, 4) is 0 Å². The van der Waals surface area contributed by atoms with Crippen LogP contribution in [0, 0.1) is 11.8 Å². The highest BCUT2D eigenvalue weighted by molar-refractivity contribution is 8.02. The molecule has 2 unspecified atom stereocenters. The summed E-state index contributed by atoms with van der Waals surface area (Å²) in [6.45, 7) is 14.7. The third-order valence-corrected chi connectivity index (χ3v) is 10.7. The molecule has 3 heterocycles. The second-order valence-electron chi connectivity index (χ2n) is 10.9. The van der Waals surface area contributed by atoms with E-state index in [2.05, 4.69) is 25.3 Å². The molecule has 9 heteroatoms. The van der Waals surface area contributed by atoms with Gasteiger partial charge in [-0.2, -0.15) is 0 Å². The summed E-state index contributed by atoms with van der Waals surface area (Å²) in [5.74, 6) is -1.81. The van der Waals surface area contributed by atoms with Crippen molar-refractivity contribution < 1.29 is 24.2 Å². The maximum atomic E-state index is 14.6. The molecule has 2 bridgehead atoms. The fourth-order valence-electron chi connectivity index (χ4n) is 6.96. The zero-order valence-corrected chi connectivity index (χ0v) is 24.5. The van der Waals surface area contributed by atoms with Crippen molar-refractivity contribution >= 4 is 40.9 Å². The minimum Gasteiger partial charge on any atom is -0.466 e. The van der Waals surface area contributed by atoms with Crippen LogP contribution in [0.15, 0.2) is 36.9 Å². The first-order chi connectivity index (χ1) is 18.7. The molecule has 3 saturated heterocycles. The minimum absolute atomic E-state index is 0.0228. The second-order valence-corrected chi connectivity index (χ2v) is 12.8. The Hall–Kier alpha value is -2.52. The number of thioether (sulfide) groups is 1. The highest BCUT2D eigenvalue weighted by atomic mass is 32.2. The number of rotatable bonds is 13. The number of carbonyl (C=O) groups excluding carboxylic acids is 3. The van der Waals surface area contributed by atoms with Gasteiger partial charge in [0.25, 0.3) is 5.91 Å². The van der Waals surface area contributed by atoms with Gasteiger partial charge in [0.15, 0.2) is 0 Å². The predicted octanol–water partition coefficient (Wildman–Crippen LogP) is 3.87. The summed E-state index contributed by atoms with van der Waals surface area (Å²) in [5, 5.41) is 9.40. The van der Waals surface area contributed by atoms with E-state index in [1.807, 2.05) is 31.2 Å². The molecule has 8 nitrogen and oxygen atoms in total. The number of benzene rings is 1. The third kappa shape index (κ3) is 4.97. The lowest BCUT2D eigenvalue weighted by atomic mass is 9.66. The molecule has 3 aliphatic rings. The Labute approximate surface area is 236 Å². The van der Waals surface area contributed by atoms with Crippen LogP contribution in [-0.4, -0.2) is 82.7 Å². The Morgan fingerprint density at radius 3 is 2.41 bits per heavy atom.